The molecule has 0 bridgehead atoms. The van der Waals surface area contributed by atoms with Crippen LogP contribution < -0.4 is 10.6 Å². The van der Waals surface area contributed by atoms with Gasteiger partial charge in [-0.25, -0.2) is 0 Å². The second-order valence-electron chi connectivity index (χ2n) is 6.89. The Balaban J connectivity index is 3.67. The Morgan fingerprint density at radius 3 is 1.90 bits per heavy atom. The minimum absolute atomic E-state index is 0.842. The summed E-state index contributed by atoms with van der Waals surface area (Å²) in [4.78, 5) is 0. The van der Waals surface area contributed by atoms with Crippen molar-refractivity contribution in [2.24, 2.45) is 17.8 Å². The minimum atomic E-state index is 0.842. The average Bonchev–Trinajstić information content (AvgIpc) is 2.42. The normalized spacial score (nSPS) is 14.7. The SMILES string of the molecule is CNCCCCCC(C)CCC(CCCNC)C(C)C. The quantitative estimate of drug-likeness (QED) is 0.460. The molecule has 0 aromatic heterocycles. The summed E-state index contributed by atoms with van der Waals surface area (Å²) in [6, 6.07) is 0. The van der Waals surface area contributed by atoms with Crippen molar-refractivity contribution in [3.8, 4) is 0 Å². The molecule has 20 heavy (non-hydrogen) atoms. The zero-order valence-corrected chi connectivity index (χ0v) is 14.8. The number of hydrogen-bond donors (Lipinski definition) is 2. The molecule has 0 fully saturated rings. The largest absolute Gasteiger partial charge is 0.320 e. The zero-order chi connectivity index (χ0) is 15.2. The molecule has 2 atom stereocenters. The fourth-order valence-corrected chi connectivity index (χ4v) is 2.97. The van der Waals surface area contributed by atoms with Gasteiger partial charge in [-0.15, -0.1) is 0 Å². The zero-order valence-electron chi connectivity index (χ0n) is 14.8. The van der Waals surface area contributed by atoms with Crippen molar-refractivity contribution >= 4 is 0 Å². The molecular weight excluding hydrogens is 244 g/mol. The van der Waals surface area contributed by atoms with E-state index >= 15 is 0 Å². The van der Waals surface area contributed by atoms with Crippen LogP contribution in [0.15, 0.2) is 0 Å². The van der Waals surface area contributed by atoms with Gasteiger partial charge in [0, 0.05) is 0 Å². The van der Waals surface area contributed by atoms with E-state index in [1.54, 1.807) is 0 Å². The Hall–Kier alpha value is -0.0800. The van der Waals surface area contributed by atoms with Crippen LogP contribution in [0.3, 0.4) is 0 Å². The van der Waals surface area contributed by atoms with Crippen LogP contribution in [0, 0.1) is 17.8 Å². The van der Waals surface area contributed by atoms with Crippen LogP contribution in [0.4, 0.5) is 0 Å². The van der Waals surface area contributed by atoms with Crippen LogP contribution in [0.25, 0.3) is 0 Å². The molecule has 0 aliphatic heterocycles. The Morgan fingerprint density at radius 2 is 1.30 bits per heavy atom. The molecule has 0 aromatic carbocycles. The maximum absolute atomic E-state index is 3.27. The minimum Gasteiger partial charge on any atom is -0.320 e. The van der Waals surface area contributed by atoms with E-state index in [0.29, 0.717) is 0 Å². The first-order valence-electron chi connectivity index (χ1n) is 8.91. The van der Waals surface area contributed by atoms with E-state index in [1.165, 1.54) is 64.5 Å². The predicted octanol–water partition coefficient (Wildman–Crippen LogP) is 4.45. The van der Waals surface area contributed by atoms with Crippen LogP contribution in [-0.2, 0) is 0 Å². The Morgan fingerprint density at radius 1 is 0.650 bits per heavy atom. The number of nitrogens with one attached hydrogen (secondary N) is 2. The van der Waals surface area contributed by atoms with Gasteiger partial charge in [0.15, 0.2) is 0 Å². The maximum Gasteiger partial charge on any atom is -0.00518 e. The third kappa shape index (κ3) is 11.7. The molecule has 0 amide bonds. The number of rotatable bonds is 14. The molecule has 2 unspecified atom stereocenters. The molecule has 0 radical (unpaired) electrons. The van der Waals surface area contributed by atoms with Gasteiger partial charge in [0.25, 0.3) is 0 Å². The van der Waals surface area contributed by atoms with E-state index in [-0.39, 0.29) is 0 Å². The van der Waals surface area contributed by atoms with Crippen molar-refractivity contribution in [2.75, 3.05) is 27.2 Å². The molecular formula is C18H40N2. The molecule has 0 aliphatic carbocycles. The summed E-state index contributed by atoms with van der Waals surface area (Å²) in [5.74, 6) is 2.68. The van der Waals surface area contributed by atoms with Gasteiger partial charge in [-0.3, -0.25) is 0 Å². The summed E-state index contributed by atoms with van der Waals surface area (Å²) in [7, 11) is 4.10. The Kier molecular flexibility index (Phi) is 13.8. The lowest BCUT2D eigenvalue weighted by atomic mass is 9.84. The summed E-state index contributed by atoms with van der Waals surface area (Å²) in [6.45, 7) is 9.58. The van der Waals surface area contributed by atoms with Crippen molar-refractivity contribution in [1.29, 1.82) is 0 Å². The third-order valence-electron chi connectivity index (χ3n) is 4.60. The summed E-state index contributed by atoms with van der Waals surface area (Å²) in [5, 5.41) is 6.49. The molecule has 2 N–H and O–H groups in total. The highest BCUT2D eigenvalue weighted by Gasteiger charge is 2.14. The smallest absolute Gasteiger partial charge is 0.00518 e. The molecule has 0 aromatic rings. The van der Waals surface area contributed by atoms with Crippen LogP contribution in [0.1, 0.15) is 72.1 Å². The molecule has 0 spiro atoms. The van der Waals surface area contributed by atoms with Crippen molar-refractivity contribution < 1.29 is 0 Å². The first kappa shape index (κ1) is 19.9. The van der Waals surface area contributed by atoms with Gasteiger partial charge in [-0.05, 0) is 70.6 Å². The van der Waals surface area contributed by atoms with Crippen LogP contribution in [0.2, 0.25) is 0 Å². The van der Waals surface area contributed by atoms with Gasteiger partial charge >= 0.3 is 0 Å². The summed E-state index contributed by atoms with van der Waals surface area (Å²) in [6.07, 6.45) is 11.1. The lowest BCUT2D eigenvalue weighted by molar-refractivity contribution is 0.294. The molecule has 2 nitrogen and oxygen atoms in total. The molecule has 0 heterocycles. The summed E-state index contributed by atoms with van der Waals surface area (Å²) in [5.41, 5.74) is 0. The standard InChI is InChI=1S/C18H40N2/c1-16(2)18(11-9-15-20-5)13-12-17(3)10-7-6-8-14-19-4/h16-20H,6-15H2,1-5H3. The Labute approximate surface area is 128 Å². The van der Waals surface area contributed by atoms with E-state index in [1.807, 2.05) is 7.05 Å². The molecule has 0 saturated heterocycles. The van der Waals surface area contributed by atoms with Gasteiger partial charge in [0.05, 0.1) is 0 Å². The fraction of sp³-hybridized carbons (Fsp3) is 1.00. The molecule has 0 aliphatic rings. The number of unbranched alkanes of at least 4 members (excludes halogenated alkanes) is 2. The van der Waals surface area contributed by atoms with Crippen molar-refractivity contribution in [2.45, 2.75) is 72.1 Å². The van der Waals surface area contributed by atoms with E-state index in [9.17, 15) is 0 Å². The topological polar surface area (TPSA) is 24.1 Å². The lowest BCUT2D eigenvalue weighted by Crippen LogP contribution is -2.14. The second kappa shape index (κ2) is 13.9. The highest BCUT2D eigenvalue weighted by molar-refractivity contribution is 4.66. The lowest BCUT2D eigenvalue weighted by Gasteiger charge is -2.22. The number of hydrogen-bond acceptors (Lipinski definition) is 2. The third-order valence-corrected chi connectivity index (χ3v) is 4.60. The predicted molar refractivity (Wildman–Crippen MR) is 92.3 cm³/mol. The van der Waals surface area contributed by atoms with Crippen LogP contribution in [-0.4, -0.2) is 27.2 Å². The van der Waals surface area contributed by atoms with Gasteiger partial charge in [0.1, 0.15) is 0 Å². The summed E-state index contributed by atoms with van der Waals surface area (Å²) < 4.78 is 0. The van der Waals surface area contributed by atoms with Crippen LogP contribution in [0.5, 0.6) is 0 Å². The highest BCUT2D eigenvalue weighted by Crippen LogP contribution is 2.26. The van der Waals surface area contributed by atoms with Gasteiger partial charge in [-0.1, -0.05) is 46.5 Å². The highest BCUT2D eigenvalue weighted by atomic mass is 14.8. The summed E-state index contributed by atoms with van der Waals surface area (Å²) >= 11 is 0. The first-order valence-corrected chi connectivity index (χ1v) is 8.91. The molecule has 0 rings (SSSR count). The van der Waals surface area contributed by atoms with Gasteiger partial charge in [-0.2, -0.15) is 0 Å². The Bertz CT molecular complexity index is 192. The molecule has 122 valence electrons. The van der Waals surface area contributed by atoms with Crippen molar-refractivity contribution in [3.05, 3.63) is 0 Å². The van der Waals surface area contributed by atoms with Crippen molar-refractivity contribution in [3.63, 3.8) is 0 Å². The average molecular weight is 285 g/mol. The second-order valence-corrected chi connectivity index (χ2v) is 6.89. The molecule has 2 heteroatoms. The van der Waals surface area contributed by atoms with E-state index in [0.717, 1.165) is 17.8 Å². The van der Waals surface area contributed by atoms with E-state index in [2.05, 4.69) is 38.5 Å². The van der Waals surface area contributed by atoms with Gasteiger partial charge in [0.2, 0.25) is 0 Å². The fourth-order valence-electron chi connectivity index (χ4n) is 2.97. The van der Waals surface area contributed by atoms with E-state index in [4.69, 9.17) is 0 Å². The first-order chi connectivity index (χ1) is 9.61. The molecule has 0 saturated carbocycles. The van der Waals surface area contributed by atoms with Crippen molar-refractivity contribution in [1.82, 2.24) is 10.6 Å². The van der Waals surface area contributed by atoms with E-state index < -0.39 is 0 Å². The van der Waals surface area contributed by atoms with Crippen LogP contribution >= 0.6 is 0 Å². The maximum atomic E-state index is 3.27. The van der Waals surface area contributed by atoms with Gasteiger partial charge < -0.3 is 10.6 Å². The monoisotopic (exact) mass is 284 g/mol.